The zero-order valence-electron chi connectivity index (χ0n) is 10.9. The highest BCUT2D eigenvalue weighted by Gasteiger charge is 2.15. The van der Waals surface area contributed by atoms with Crippen LogP contribution in [0.5, 0.6) is 0 Å². The van der Waals surface area contributed by atoms with Gasteiger partial charge in [-0.3, -0.25) is 4.79 Å². The maximum atomic E-state index is 12.1. The molecule has 1 aliphatic rings. The predicted octanol–water partition coefficient (Wildman–Crippen LogP) is 3.51. The van der Waals surface area contributed by atoms with E-state index in [0.29, 0.717) is 17.8 Å². The third-order valence-electron chi connectivity index (χ3n) is 3.48. The molecular formula is C15H15BrN2OS. The standard InChI is InChI=1S/C15H15BrN2OS/c16-12-5-4-10(7-13(12)17)15(19)18-8-11-6-9-2-1-3-14(9)20-11/h4-7H,1-3,8,17H2,(H,18,19). The number of carbonyl (C=O) groups excluding carboxylic acids is 1. The zero-order chi connectivity index (χ0) is 14.1. The van der Waals surface area contributed by atoms with Crippen LogP contribution in [0, 0.1) is 0 Å². The van der Waals surface area contributed by atoms with Crippen LogP contribution >= 0.6 is 27.3 Å². The maximum Gasteiger partial charge on any atom is 0.251 e. The van der Waals surface area contributed by atoms with Crippen LogP contribution < -0.4 is 11.1 Å². The SMILES string of the molecule is Nc1cc(C(=O)NCc2cc3c(s2)CCC3)ccc1Br. The highest BCUT2D eigenvalue weighted by Crippen LogP contribution is 2.30. The molecule has 1 aromatic heterocycles. The Bertz CT molecular complexity index is 644. The number of anilines is 1. The summed E-state index contributed by atoms with van der Waals surface area (Å²) in [6.45, 7) is 0.590. The van der Waals surface area contributed by atoms with Crippen LogP contribution in [0.1, 0.15) is 32.1 Å². The summed E-state index contributed by atoms with van der Waals surface area (Å²) in [5, 5.41) is 2.95. The van der Waals surface area contributed by atoms with E-state index in [-0.39, 0.29) is 5.91 Å². The van der Waals surface area contributed by atoms with E-state index in [9.17, 15) is 4.79 Å². The molecule has 0 saturated heterocycles. The second kappa shape index (κ2) is 5.58. The molecule has 0 radical (unpaired) electrons. The van der Waals surface area contributed by atoms with Gasteiger partial charge in [-0.15, -0.1) is 11.3 Å². The second-order valence-electron chi connectivity index (χ2n) is 4.93. The van der Waals surface area contributed by atoms with Crippen LogP contribution in [0.15, 0.2) is 28.7 Å². The molecule has 20 heavy (non-hydrogen) atoms. The average molecular weight is 351 g/mol. The van der Waals surface area contributed by atoms with Gasteiger partial charge in [0.05, 0.1) is 6.54 Å². The largest absolute Gasteiger partial charge is 0.398 e. The van der Waals surface area contributed by atoms with Crippen molar-refractivity contribution in [3.63, 3.8) is 0 Å². The minimum Gasteiger partial charge on any atom is -0.398 e. The molecule has 0 fully saturated rings. The lowest BCUT2D eigenvalue weighted by Gasteiger charge is -2.05. The molecule has 2 aromatic rings. The van der Waals surface area contributed by atoms with E-state index in [1.54, 1.807) is 18.2 Å². The number of nitrogens with two attached hydrogens (primary N) is 1. The molecule has 0 bridgehead atoms. The Morgan fingerprint density at radius 1 is 1.35 bits per heavy atom. The topological polar surface area (TPSA) is 55.1 Å². The number of carbonyl (C=O) groups is 1. The number of fused-ring (bicyclic) bond motifs is 1. The van der Waals surface area contributed by atoms with Gasteiger partial charge in [0.2, 0.25) is 0 Å². The Hall–Kier alpha value is -1.33. The summed E-state index contributed by atoms with van der Waals surface area (Å²) >= 11 is 5.14. The number of rotatable bonds is 3. The quantitative estimate of drug-likeness (QED) is 0.832. The highest BCUT2D eigenvalue weighted by molar-refractivity contribution is 9.10. The number of nitrogens with one attached hydrogen (secondary N) is 1. The third kappa shape index (κ3) is 2.74. The van der Waals surface area contributed by atoms with Crippen molar-refractivity contribution in [2.24, 2.45) is 0 Å². The van der Waals surface area contributed by atoms with Crippen LogP contribution in [0.3, 0.4) is 0 Å². The van der Waals surface area contributed by atoms with Crippen LogP contribution in [0.25, 0.3) is 0 Å². The molecule has 1 amide bonds. The van der Waals surface area contributed by atoms with E-state index < -0.39 is 0 Å². The molecule has 1 aromatic carbocycles. The summed E-state index contributed by atoms with van der Waals surface area (Å²) in [4.78, 5) is 14.8. The normalized spacial score (nSPS) is 13.2. The molecule has 104 valence electrons. The van der Waals surface area contributed by atoms with E-state index in [1.807, 2.05) is 11.3 Å². The Kier molecular flexibility index (Phi) is 3.81. The molecule has 0 aliphatic heterocycles. The van der Waals surface area contributed by atoms with Crippen LogP contribution in [-0.2, 0) is 19.4 Å². The number of nitrogen functional groups attached to an aromatic ring is 1. The minimum atomic E-state index is -0.0854. The lowest BCUT2D eigenvalue weighted by molar-refractivity contribution is 0.0951. The predicted molar refractivity (Wildman–Crippen MR) is 86.1 cm³/mol. The van der Waals surface area contributed by atoms with Crippen LogP contribution in [0.4, 0.5) is 5.69 Å². The number of aryl methyl sites for hydroxylation is 2. The van der Waals surface area contributed by atoms with Crippen molar-refractivity contribution in [3.05, 3.63) is 49.6 Å². The van der Waals surface area contributed by atoms with Gasteiger partial charge < -0.3 is 11.1 Å². The molecule has 0 saturated carbocycles. The summed E-state index contributed by atoms with van der Waals surface area (Å²) in [5.74, 6) is -0.0854. The molecule has 1 heterocycles. The first-order valence-electron chi connectivity index (χ1n) is 6.57. The van der Waals surface area contributed by atoms with Gasteiger partial charge in [0.25, 0.3) is 5.91 Å². The number of halogens is 1. The fourth-order valence-corrected chi connectivity index (χ4v) is 3.88. The molecular weight excluding hydrogens is 336 g/mol. The number of thiophene rings is 1. The first kappa shape index (κ1) is 13.6. The zero-order valence-corrected chi connectivity index (χ0v) is 13.3. The van der Waals surface area contributed by atoms with Crippen molar-refractivity contribution in [2.45, 2.75) is 25.8 Å². The average Bonchev–Trinajstić information content (AvgIpc) is 3.00. The van der Waals surface area contributed by atoms with Crippen molar-refractivity contribution in [1.82, 2.24) is 5.32 Å². The summed E-state index contributed by atoms with van der Waals surface area (Å²) in [6.07, 6.45) is 3.65. The first-order valence-corrected chi connectivity index (χ1v) is 8.18. The minimum absolute atomic E-state index is 0.0854. The van der Waals surface area contributed by atoms with E-state index in [1.165, 1.54) is 34.6 Å². The monoisotopic (exact) mass is 350 g/mol. The number of hydrogen-bond acceptors (Lipinski definition) is 3. The highest BCUT2D eigenvalue weighted by atomic mass is 79.9. The van der Waals surface area contributed by atoms with Crippen molar-refractivity contribution < 1.29 is 4.79 Å². The first-order chi connectivity index (χ1) is 9.63. The Morgan fingerprint density at radius 3 is 2.95 bits per heavy atom. The smallest absolute Gasteiger partial charge is 0.251 e. The molecule has 3 nitrogen and oxygen atoms in total. The Morgan fingerprint density at radius 2 is 2.20 bits per heavy atom. The summed E-state index contributed by atoms with van der Waals surface area (Å²) in [6, 6.07) is 7.48. The molecule has 3 N–H and O–H groups in total. The maximum absolute atomic E-state index is 12.1. The van der Waals surface area contributed by atoms with Gasteiger partial charge in [-0.1, -0.05) is 0 Å². The molecule has 0 spiro atoms. The summed E-state index contributed by atoms with van der Waals surface area (Å²) in [5.41, 5.74) is 8.42. The van der Waals surface area contributed by atoms with Crippen molar-refractivity contribution >= 4 is 38.9 Å². The summed E-state index contributed by atoms with van der Waals surface area (Å²) < 4.78 is 0.809. The number of hydrogen-bond donors (Lipinski definition) is 2. The lowest BCUT2D eigenvalue weighted by Crippen LogP contribution is -2.22. The van der Waals surface area contributed by atoms with Crippen molar-refractivity contribution in [3.8, 4) is 0 Å². The van der Waals surface area contributed by atoms with Gasteiger partial charge in [-0.2, -0.15) is 0 Å². The number of amides is 1. The van der Waals surface area contributed by atoms with Gasteiger partial charge in [-0.05, 0) is 65.0 Å². The van der Waals surface area contributed by atoms with Gasteiger partial charge >= 0.3 is 0 Å². The molecule has 1 aliphatic carbocycles. The Balaban J connectivity index is 1.65. The van der Waals surface area contributed by atoms with Gasteiger partial charge in [0.1, 0.15) is 0 Å². The van der Waals surface area contributed by atoms with E-state index in [0.717, 1.165) is 4.47 Å². The fourth-order valence-electron chi connectivity index (χ4n) is 2.43. The van der Waals surface area contributed by atoms with Crippen molar-refractivity contribution in [1.29, 1.82) is 0 Å². The van der Waals surface area contributed by atoms with Crippen LogP contribution in [0.2, 0.25) is 0 Å². The van der Waals surface area contributed by atoms with E-state index >= 15 is 0 Å². The van der Waals surface area contributed by atoms with E-state index in [4.69, 9.17) is 5.73 Å². The van der Waals surface area contributed by atoms with Gasteiger partial charge in [0.15, 0.2) is 0 Å². The van der Waals surface area contributed by atoms with Crippen molar-refractivity contribution in [2.75, 3.05) is 5.73 Å². The van der Waals surface area contributed by atoms with E-state index in [2.05, 4.69) is 27.3 Å². The van der Waals surface area contributed by atoms with Crippen LogP contribution in [-0.4, -0.2) is 5.91 Å². The van der Waals surface area contributed by atoms with Gasteiger partial charge in [-0.25, -0.2) is 0 Å². The number of benzene rings is 1. The second-order valence-corrected chi connectivity index (χ2v) is 7.01. The Labute approximate surface area is 130 Å². The third-order valence-corrected chi connectivity index (χ3v) is 5.44. The molecule has 0 unspecified atom stereocenters. The lowest BCUT2D eigenvalue weighted by atomic mass is 10.2. The molecule has 3 rings (SSSR count). The van der Waals surface area contributed by atoms with Gasteiger partial charge in [0, 0.05) is 25.5 Å². The molecule has 5 heteroatoms. The molecule has 0 atom stereocenters. The summed E-state index contributed by atoms with van der Waals surface area (Å²) in [7, 11) is 0. The fraction of sp³-hybridized carbons (Fsp3) is 0.267.